The van der Waals surface area contributed by atoms with Crippen LogP contribution < -0.4 is 5.32 Å². The van der Waals surface area contributed by atoms with Crippen LogP contribution in [-0.2, 0) is 4.79 Å². The van der Waals surface area contributed by atoms with Gasteiger partial charge in [-0.3, -0.25) is 14.7 Å². The number of hydrogen-bond donors (Lipinski definition) is 3. The van der Waals surface area contributed by atoms with Gasteiger partial charge in [0.05, 0.1) is 6.04 Å². The number of carboxylic acid groups (broad SMARTS) is 1. The molecule has 3 rings (SSSR count). The van der Waals surface area contributed by atoms with Gasteiger partial charge in [-0.2, -0.15) is 5.10 Å². The van der Waals surface area contributed by atoms with Crippen molar-refractivity contribution in [2.24, 2.45) is 0 Å². The summed E-state index contributed by atoms with van der Waals surface area (Å²) in [4.78, 5) is 23.2. The molecule has 1 unspecified atom stereocenters. The lowest BCUT2D eigenvalue weighted by molar-refractivity contribution is -0.137. The van der Waals surface area contributed by atoms with Gasteiger partial charge in [0.2, 0.25) is 0 Å². The molecule has 0 bridgehead atoms. The van der Waals surface area contributed by atoms with E-state index >= 15 is 0 Å². The maximum absolute atomic E-state index is 12.4. The Labute approximate surface area is 133 Å². The van der Waals surface area contributed by atoms with E-state index in [9.17, 15) is 9.59 Å². The Kier molecular flexibility index (Phi) is 4.41. The predicted molar refractivity (Wildman–Crippen MR) is 84.1 cm³/mol. The van der Waals surface area contributed by atoms with Gasteiger partial charge in [-0.05, 0) is 30.9 Å². The normalized spacial score (nSPS) is 15.1. The molecule has 1 aromatic heterocycles. The van der Waals surface area contributed by atoms with Crippen LogP contribution in [0.25, 0.3) is 0 Å². The predicted octanol–water partition coefficient (Wildman–Crippen LogP) is 2.62. The van der Waals surface area contributed by atoms with Crippen LogP contribution in [0.15, 0.2) is 36.4 Å². The van der Waals surface area contributed by atoms with Crippen molar-refractivity contribution in [3.63, 3.8) is 0 Å². The van der Waals surface area contributed by atoms with E-state index in [-0.39, 0.29) is 18.4 Å². The van der Waals surface area contributed by atoms with Gasteiger partial charge in [0.25, 0.3) is 5.91 Å². The molecule has 1 aliphatic carbocycles. The summed E-state index contributed by atoms with van der Waals surface area (Å²) in [6.07, 6.45) is 2.60. The molecule has 1 fully saturated rings. The second-order valence-electron chi connectivity index (χ2n) is 5.85. The number of carboxylic acids is 1. The smallest absolute Gasteiger partial charge is 0.303 e. The standard InChI is InChI=1S/C17H19N3O3/c21-16(22)9-8-13(11-4-2-1-3-5-11)18-17(23)15-10-14(19-20-15)12-6-7-12/h1-5,10,12-13H,6-9H2,(H,18,23)(H,19,20)(H,21,22). The summed E-state index contributed by atoms with van der Waals surface area (Å²) < 4.78 is 0. The lowest BCUT2D eigenvalue weighted by atomic mass is 10.0. The van der Waals surface area contributed by atoms with Crippen LogP contribution in [0.4, 0.5) is 0 Å². The van der Waals surface area contributed by atoms with Gasteiger partial charge >= 0.3 is 5.97 Å². The fraction of sp³-hybridized carbons (Fsp3) is 0.353. The SMILES string of the molecule is O=C(O)CCC(NC(=O)c1cc(C2CC2)[nH]n1)c1ccccc1. The number of H-pyrrole nitrogens is 1. The summed E-state index contributed by atoms with van der Waals surface area (Å²) in [6, 6.07) is 10.8. The second kappa shape index (κ2) is 6.64. The molecule has 3 N–H and O–H groups in total. The number of amides is 1. The molecule has 0 saturated heterocycles. The molecular formula is C17H19N3O3. The van der Waals surface area contributed by atoms with Gasteiger partial charge in [-0.25, -0.2) is 0 Å². The number of hydrogen-bond acceptors (Lipinski definition) is 3. The van der Waals surface area contributed by atoms with Crippen molar-refractivity contribution >= 4 is 11.9 Å². The number of carbonyl (C=O) groups excluding carboxylic acids is 1. The highest BCUT2D eigenvalue weighted by Gasteiger charge is 2.27. The van der Waals surface area contributed by atoms with Gasteiger partial charge in [0.15, 0.2) is 0 Å². The minimum absolute atomic E-state index is 0.00622. The van der Waals surface area contributed by atoms with E-state index in [1.54, 1.807) is 6.07 Å². The topological polar surface area (TPSA) is 95.1 Å². The summed E-state index contributed by atoms with van der Waals surface area (Å²) in [7, 11) is 0. The molecule has 1 amide bonds. The molecule has 6 heteroatoms. The molecule has 2 aromatic rings. The Bertz CT molecular complexity index is 692. The molecule has 1 saturated carbocycles. The van der Waals surface area contributed by atoms with Crippen molar-refractivity contribution < 1.29 is 14.7 Å². The second-order valence-corrected chi connectivity index (χ2v) is 5.85. The number of nitrogens with one attached hydrogen (secondary N) is 2. The molecule has 120 valence electrons. The number of rotatable bonds is 7. The summed E-state index contributed by atoms with van der Waals surface area (Å²) in [5.74, 6) is -0.663. The molecule has 1 atom stereocenters. The fourth-order valence-corrected chi connectivity index (χ4v) is 2.56. The highest BCUT2D eigenvalue weighted by molar-refractivity contribution is 5.92. The Morgan fingerprint density at radius 3 is 2.70 bits per heavy atom. The third-order valence-electron chi connectivity index (χ3n) is 4.00. The summed E-state index contributed by atoms with van der Waals surface area (Å²) in [6.45, 7) is 0. The highest BCUT2D eigenvalue weighted by Crippen LogP contribution is 2.39. The number of aromatic amines is 1. The fourth-order valence-electron chi connectivity index (χ4n) is 2.56. The minimum Gasteiger partial charge on any atom is -0.481 e. The zero-order chi connectivity index (χ0) is 16.2. The van der Waals surface area contributed by atoms with E-state index < -0.39 is 5.97 Å². The van der Waals surface area contributed by atoms with Gasteiger partial charge in [0, 0.05) is 18.0 Å². The van der Waals surface area contributed by atoms with E-state index in [2.05, 4.69) is 15.5 Å². The zero-order valence-corrected chi connectivity index (χ0v) is 12.7. The largest absolute Gasteiger partial charge is 0.481 e. The molecule has 1 aliphatic rings. The van der Waals surface area contributed by atoms with Crippen LogP contribution in [0, 0.1) is 0 Å². The molecule has 6 nitrogen and oxygen atoms in total. The average molecular weight is 313 g/mol. The van der Waals surface area contributed by atoms with Crippen molar-refractivity contribution in [2.45, 2.75) is 37.6 Å². The number of aliphatic carboxylic acids is 1. The zero-order valence-electron chi connectivity index (χ0n) is 12.7. The van der Waals surface area contributed by atoms with Crippen molar-refractivity contribution in [1.82, 2.24) is 15.5 Å². The van der Waals surface area contributed by atoms with Crippen LogP contribution in [0.5, 0.6) is 0 Å². The lowest BCUT2D eigenvalue weighted by Crippen LogP contribution is -2.29. The number of carbonyl (C=O) groups is 2. The molecule has 1 aromatic carbocycles. The van der Waals surface area contributed by atoms with E-state index in [0.717, 1.165) is 24.1 Å². The van der Waals surface area contributed by atoms with Crippen molar-refractivity contribution in [3.05, 3.63) is 53.3 Å². The Hall–Kier alpha value is -2.63. The van der Waals surface area contributed by atoms with Crippen LogP contribution in [-0.4, -0.2) is 27.2 Å². The highest BCUT2D eigenvalue weighted by atomic mass is 16.4. The van der Waals surface area contributed by atoms with Crippen LogP contribution in [0.2, 0.25) is 0 Å². The van der Waals surface area contributed by atoms with Crippen LogP contribution in [0.3, 0.4) is 0 Å². The summed E-state index contributed by atoms with van der Waals surface area (Å²) in [5, 5.41) is 18.8. The maximum atomic E-state index is 12.4. The number of benzene rings is 1. The quantitative estimate of drug-likeness (QED) is 0.732. The van der Waals surface area contributed by atoms with Crippen LogP contribution >= 0.6 is 0 Å². The van der Waals surface area contributed by atoms with Crippen LogP contribution in [0.1, 0.15) is 59.4 Å². The van der Waals surface area contributed by atoms with Crippen molar-refractivity contribution in [1.29, 1.82) is 0 Å². The Balaban J connectivity index is 1.70. The third-order valence-corrected chi connectivity index (χ3v) is 4.00. The molecule has 0 spiro atoms. The van der Waals surface area contributed by atoms with Crippen molar-refractivity contribution in [3.8, 4) is 0 Å². The van der Waals surface area contributed by atoms with Gasteiger partial charge in [-0.15, -0.1) is 0 Å². The van der Waals surface area contributed by atoms with E-state index in [1.165, 1.54) is 0 Å². The molecular weight excluding hydrogens is 294 g/mol. The Morgan fingerprint density at radius 2 is 2.04 bits per heavy atom. The maximum Gasteiger partial charge on any atom is 0.303 e. The Morgan fingerprint density at radius 1 is 1.30 bits per heavy atom. The first-order valence-corrected chi connectivity index (χ1v) is 7.76. The van der Waals surface area contributed by atoms with E-state index in [0.29, 0.717) is 18.0 Å². The van der Waals surface area contributed by atoms with Crippen molar-refractivity contribution in [2.75, 3.05) is 0 Å². The van der Waals surface area contributed by atoms with Gasteiger partial charge in [0.1, 0.15) is 5.69 Å². The van der Waals surface area contributed by atoms with E-state index in [1.807, 2.05) is 30.3 Å². The monoisotopic (exact) mass is 313 g/mol. The first-order chi connectivity index (χ1) is 11.1. The first kappa shape index (κ1) is 15.3. The molecule has 0 aliphatic heterocycles. The summed E-state index contributed by atoms with van der Waals surface area (Å²) >= 11 is 0. The first-order valence-electron chi connectivity index (χ1n) is 7.76. The third kappa shape index (κ3) is 3.97. The lowest BCUT2D eigenvalue weighted by Gasteiger charge is -2.17. The molecule has 23 heavy (non-hydrogen) atoms. The van der Waals surface area contributed by atoms with Gasteiger partial charge < -0.3 is 10.4 Å². The minimum atomic E-state index is -0.879. The average Bonchev–Trinajstić information content (AvgIpc) is 3.29. The number of aromatic nitrogens is 2. The number of nitrogens with zero attached hydrogens (tertiary/aromatic N) is 1. The van der Waals surface area contributed by atoms with E-state index in [4.69, 9.17) is 5.11 Å². The van der Waals surface area contributed by atoms with Gasteiger partial charge in [-0.1, -0.05) is 30.3 Å². The summed E-state index contributed by atoms with van der Waals surface area (Å²) in [5.41, 5.74) is 2.24. The molecule has 0 radical (unpaired) electrons. The molecule has 1 heterocycles.